The number of aromatic hydroxyl groups is 1. The number of pyridine rings is 1. The molecule has 3 atom stereocenters. The Hall–Kier alpha value is -3.17. The van der Waals surface area contributed by atoms with E-state index in [-0.39, 0.29) is 23.7 Å². The third kappa shape index (κ3) is 4.33. The molecule has 178 valence electrons. The molecule has 5 rings (SSSR count). The zero-order chi connectivity index (χ0) is 23.8. The van der Waals surface area contributed by atoms with Crippen molar-refractivity contribution in [2.75, 3.05) is 20.2 Å². The number of methoxy groups -OCH3 is 1. The average molecular weight is 483 g/mol. The van der Waals surface area contributed by atoms with Crippen LogP contribution in [0.25, 0.3) is 0 Å². The Labute approximate surface area is 200 Å². The SMILES string of the molecule is COC(=O)C[C@@H](c1ccsc1)c1oc(CN2C[C@H]3C[C@@H](C2)c2cccc(=O)n2C3)cc(=O)c1O. The molecular weight excluding hydrogens is 456 g/mol. The number of ether oxygens (including phenoxy) is 1. The van der Waals surface area contributed by atoms with Crippen molar-refractivity contribution in [2.24, 2.45) is 5.92 Å². The van der Waals surface area contributed by atoms with Crippen LogP contribution in [-0.4, -0.2) is 40.7 Å². The minimum Gasteiger partial charge on any atom is -0.502 e. The summed E-state index contributed by atoms with van der Waals surface area (Å²) in [6, 6.07) is 8.60. The van der Waals surface area contributed by atoms with Gasteiger partial charge in [0, 0.05) is 43.4 Å². The van der Waals surface area contributed by atoms with Gasteiger partial charge in [0.1, 0.15) is 5.76 Å². The fourth-order valence-corrected chi connectivity index (χ4v) is 6.01. The number of aromatic nitrogens is 1. The highest BCUT2D eigenvalue weighted by atomic mass is 32.1. The lowest BCUT2D eigenvalue weighted by molar-refractivity contribution is -0.140. The first kappa shape index (κ1) is 22.6. The van der Waals surface area contributed by atoms with Gasteiger partial charge in [-0.1, -0.05) is 6.07 Å². The second-order valence-corrected chi connectivity index (χ2v) is 9.85. The Morgan fingerprint density at radius 1 is 1.26 bits per heavy atom. The molecule has 3 aromatic rings. The molecule has 1 fully saturated rings. The van der Waals surface area contributed by atoms with Crippen molar-refractivity contribution in [1.29, 1.82) is 0 Å². The summed E-state index contributed by atoms with van der Waals surface area (Å²) in [5.41, 5.74) is 1.34. The number of piperidine rings is 1. The number of nitrogens with zero attached hydrogens (tertiary/aromatic N) is 2. The third-order valence-electron chi connectivity index (χ3n) is 6.80. The monoisotopic (exact) mass is 482 g/mol. The van der Waals surface area contributed by atoms with E-state index in [1.807, 2.05) is 33.5 Å². The standard InChI is InChI=1S/C25H26N2O6S/c1-32-23(30)9-19(16-5-6-34-14-16)25-24(31)21(28)8-18(33-25)13-26-10-15-7-17(12-26)20-3-2-4-22(29)27(20)11-15/h2-6,8,14-15,17,19,31H,7,9-13H2,1H3/t15-,17+,19+/m1/s1. The van der Waals surface area contributed by atoms with E-state index in [1.54, 1.807) is 6.07 Å². The fourth-order valence-electron chi connectivity index (χ4n) is 5.30. The van der Waals surface area contributed by atoms with Gasteiger partial charge in [-0.2, -0.15) is 11.3 Å². The fraction of sp³-hybridized carbons (Fsp3) is 0.400. The molecule has 34 heavy (non-hydrogen) atoms. The van der Waals surface area contributed by atoms with Crippen LogP contribution in [0.3, 0.4) is 0 Å². The van der Waals surface area contributed by atoms with Crippen LogP contribution in [0, 0.1) is 5.92 Å². The number of esters is 1. The molecule has 2 aliphatic rings. The van der Waals surface area contributed by atoms with Crippen molar-refractivity contribution in [2.45, 2.75) is 37.8 Å². The molecular formula is C25H26N2O6S. The Balaban J connectivity index is 1.43. The molecule has 3 aromatic heterocycles. The molecule has 0 radical (unpaired) electrons. The number of hydrogen-bond donors (Lipinski definition) is 1. The van der Waals surface area contributed by atoms with Crippen LogP contribution < -0.4 is 11.0 Å². The maximum Gasteiger partial charge on any atom is 0.306 e. The van der Waals surface area contributed by atoms with Gasteiger partial charge >= 0.3 is 5.97 Å². The lowest BCUT2D eigenvalue weighted by Crippen LogP contribution is -2.46. The molecule has 0 aromatic carbocycles. The maximum absolute atomic E-state index is 12.6. The maximum atomic E-state index is 12.6. The molecule has 8 nitrogen and oxygen atoms in total. The molecule has 9 heteroatoms. The van der Waals surface area contributed by atoms with E-state index in [0.717, 1.165) is 30.8 Å². The number of rotatable bonds is 6. The van der Waals surface area contributed by atoms with Gasteiger partial charge in [-0.25, -0.2) is 0 Å². The molecule has 2 aliphatic heterocycles. The molecule has 0 amide bonds. The zero-order valence-electron chi connectivity index (χ0n) is 18.8. The van der Waals surface area contributed by atoms with Gasteiger partial charge in [-0.05, 0) is 40.8 Å². The van der Waals surface area contributed by atoms with Crippen LogP contribution in [0.15, 0.2) is 55.1 Å². The topological polar surface area (TPSA) is 102 Å². The number of hydrogen-bond acceptors (Lipinski definition) is 8. The summed E-state index contributed by atoms with van der Waals surface area (Å²) in [7, 11) is 1.30. The molecule has 1 N–H and O–H groups in total. The number of carbonyl (C=O) groups excluding carboxylic acids is 1. The third-order valence-corrected chi connectivity index (χ3v) is 7.50. The van der Waals surface area contributed by atoms with Crippen molar-refractivity contribution in [3.8, 4) is 5.75 Å². The Bertz CT molecular complexity index is 1310. The minimum atomic E-state index is -0.620. The normalized spacial score (nSPS) is 20.5. The van der Waals surface area contributed by atoms with Crippen LogP contribution in [0.5, 0.6) is 5.75 Å². The first-order valence-corrected chi connectivity index (χ1v) is 12.2. The second kappa shape index (κ2) is 9.23. The quantitative estimate of drug-likeness (QED) is 0.539. The van der Waals surface area contributed by atoms with Crippen LogP contribution in [0.2, 0.25) is 0 Å². The molecule has 0 saturated carbocycles. The Morgan fingerprint density at radius 2 is 2.12 bits per heavy atom. The van der Waals surface area contributed by atoms with E-state index in [0.29, 0.717) is 24.8 Å². The molecule has 0 unspecified atom stereocenters. The summed E-state index contributed by atoms with van der Waals surface area (Å²) in [6.07, 6.45) is 0.983. The van der Waals surface area contributed by atoms with Gasteiger partial charge in [0.15, 0.2) is 5.76 Å². The predicted molar refractivity (Wildman–Crippen MR) is 126 cm³/mol. The molecule has 1 saturated heterocycles. The van der Waals surface area contributed by atoms with Gasteiger partial charge in [0.05, 0.1) is 26.0 Å². The van der Waals surface area contributed by atoms with E-state index >= 15 is 0 Å². The number of carbonyl (C=O) groups is 1. The molecule has 5 heterocycles. The smallest absolute Gasteiger partial charge is 0.306 e. The van der Waals surface area contributed by atoms with Crippen molar-refractivity contribution in [3.63, 3.8) is 0 Å². The van der Waals surface area contributed by atoms with Crippen LogP contribution in [0.4, 0.5) is 0 Å². The first-order valence-electron chi connectivity index (χ1n) is 11.3. The van der Waals surface area contributed by atoms with Crippen LogP contribution in [-0.2, 0) is 22.6 Å². The van der Waals surface area contributed by atoms with Crippen molar-refractivity contribution in [3.05, 3.63) is 84.4 Å². The molecule has 0 spiro atoms. The van der Waals surface area contributed by atoms with Gasteiger partial charge in [0.2, 0.25) is 11.2 Å². The zero-order valence-corrected chi connectivity index (χ0v) is 19.6. The average Bonchev–Trinajstić information content (AvgIpc) is 3.35. The highest BCUT2D eigenvalue weighted by Gasteiger charge is 2.35. The molecule has 2 bridgehead atoms. The van der Waals surface area contributed by atoms with Crippen molar-refractivity contribution < 1.29 is 19.1 Å². The van der Waals surface area contributed by atoms with E-state index < -0.39 is 23.1 Å². The van der Waals surface area contributed by atoms with Gasteiger partial charge in [-0.15, -0.1) is 0 Å². The summed E-state index contributed by atoms with van der Waals surface area (Å²) in [6.45, 7) is 2.62. The number of fused-ring (bicyclic) bond motifs is 4. The summed E-state index contributed by atoms with van der Waals surface area (Å²) >= 11 is 1.46. The first-order chi connectivity index (χ1) is 16.4. The molecule has 0 aliphatic carbocycles. The van der Waals surface area contributed by atoms with Crippen LogP contribution >= 0.6 is 11.3 Å². The summed E-state index contributed by atoms with van der Waals surface area (Å²) in [5.74, 6) is -0.455. The van der Waals surface area contributed by atoms with E-state index in [2.05, 4.69) is 4.90 Å². The lowest BCUT2D eigenvalue weighted by atomic mass is 9.83. The highest BCUT2D eigenvalue weighted by Crippen LogP contribution is 2.37. The van der Waals surface area contributed by atoms with Gasteiger partial charge in [-0.3, -0.25) is 19.3 Å². The minimum absolute atomic E-state index is 0.0416. The van der Waals surface area contributed by atoms with Gasteiger partial charge < -0.3 is 18.8 Å². The van der Waals surface area contributed by atoms with Crippen molar-refractivity contribution >= 4 is 17.3 Å². The lowest BCUT2D eigenvalue weighted by Gasteiger charge is -2.42. The summed E-state index contributed by atoms with van der Waals surface area (Å²) in [4.78, 5) is 39.2. The summed E-state index contributed by atoms with van der Waals surface area (Å²) in [5, 5.41) is 14.3. The number of likely N-dealkylation sites (tertiary alicyclic amines) is 1. The largest absolute Gasteiger partial charge is 0.502 e. The second-order valence-electron chi connectivity index (χ2n) is 9.07. The Kier molecular flexibility index (Phi) is 6.14. The van der Waals surface area contributed by atoms with Crippen molar-refractivity contribution in [1.82, 2.24) is 9.47 Å². The summed E-state index contributed by atoms with van der Waals surface area (Å²) < 4.78 is 12.8. The highest BCUT2D eigenvalue weighted by molar-refractivity contribution is 7.08. The van der Waals surface area contributed by atoms with Crippen LogP contribution in [0.1, 0.15) is 47.5 Å². The predicted octanol–water partition coefficient (Wildman–Crippen LogP) is 2.88. The van der Waals surface area contributed by atoms with E-state index in [1.165, 1.54) is 24.5 Å². The van der Waals surface area contributed by atoms with E-state index in [9.17, 15) is 19.5 Å². The Morgan fingerprint density at radius 3 is 2.88 bits per heavy atom. The van der Waals surface area contributed by atoms with E-state index in [4.69, 9.17) is 9.15 Å². The number of thiophene rings is 1. The van der Waals surface area contributed by atoms with Gasteiger partial charge in [0.25, 0.3) is 5.56 Å².